The third-order valence-corrected chi connectivity index (χ3v) is 7.76. The molecule has 210 valence electrons. The number of nitrogens with zero attached hydrogens (tertiary/aromatic N) is 2. The monoisotopic (exact) mass is 562 g/mol. The highest BCUT2D eigenvalue weighted by Gasteiger charge is 2.63. The number of benzene rings is 1. The highest BCUT2D eigenvalue weighted by atomic mass is 31.2. The van der Waals surface area contributed by atoms with Gasteiger partial charge in [0.1, 0.15) is 17.6 Å². The van der Waals surface area contributed by atoms with E-state index in [1.54, 1.807) is 44.2 Å². The molecule has 0 saturated carbocycles. The van der Waals surface area contributed by atoms with Crippen molar-refractivity contribution in [3.05, 3.63) is 74.9 Å². The lowest BCUT2D eigenvalue weighted by Crippen LogP contribution is -2.47. The fourth-order valence-electron chi connectivity index (χ4n) is 3.76. The van der Waals surface area contributed by atoms with Crippen molar-refractivity contribution in [1.82, 2.24) is 14.6 Å². The van der Waals surface area contributed by atoms with E-state index in [-0.39, 0.29) is 11.5 Å². The van der Waals surface area contributed by atoms with Gasteiger partial charge in [0.15, 0.2) is 0 Å². The van der Waals surface area contributed by atoms with E-state index in [9.17, 15) is 23.7 Å². The number of aromatic amines is 1. The average Bonchev–Trinajstić information content (AvgIpc) is 3.14. The summed E-state index contributed by atoms with van der Waals surface area (Å²) < 4.78 is 37.7. The average molecular weight is 563 g/mol. The first-order chi connectivity index (χ1) is 18.3. The molecule has 1 aliphatic rings. The summed E-state index contributed by atoms with van der Waals surface area (Å²) in [7, 11) is -4.23. The van der Waals surface area contributed by atoms with Crippen LogP contribution in [0.1, 0.15) is 40.8 Å². The first kappa shape index (κ1) is 30.0. The van der Waals surface area contributed by atoms with Crippen LogP contribution >= 0.6 is 7.75 Å². The molecule has 1 saturated heterocycles. The molecule has 1 fully saturated rings. The molecule has 6 atom stereocenters. The minimum absolute atomic E-state index is 0.197. The molecule has 13 nitrogen and oxygen atoms in total. The number of carbonyl (C=O) groups is 2. The molecule has 3 rings (SSSR count). The molecule has 0 spiro atoms. The first-order valence-corrected chi connectivity index (χ1v) is 13.7. The van der Waals surface area contributed by atoms with E-state index in [0.29, 0.717) is 0 Å². The van der Waals surface area contributed by atoms with Gasteiger partial charge < -0.3 is 18.8 Å². The molecule has 14 heteroatoms. The molecule has 0 bridgehead atoms. The molecule has 0 unspecified atom stereocenters. The van der Waals surface area contributed by atoms with Crippen LogP contribution in [-0.2, 0) is 28.2 Å². The van der Waals surface area contributed by atoms with E-state index in [0.717, 1.165) is 10.6 Å². The maximum atomic E-state index is 13.7. The number of hydrogen-bond acceptors (Lipinski definition) is 9. The fraction of sp³-hybridized carbons (Fsp3) is 0.480. The highest BCUT2D eigenvalue weighted by Crippen LogP contribution is 2.48. The summed E-state index contributed by atoms with van der Waals surface area (Å²) in [5.41, 5.74) is -3.13. The Morgan fingerprint density at radius 2 is 1.90 bits per heavy atom. The SMILES string of the molecule is [C-]#[N+][C@]1(C)[C@H](OC(=O)C(C)C)[C@@H](CO[P@@](=O)(N[C@@H](C)C(C)=O)Oc2ccccc2)O[C@H]1n1ccc(=O)[nH]c1=O. The number of carbonyl (C=O) groups excluding carboxylic acids is 2. The number of hydrogen-bond donors (Lipinski definition) is 2. The summed E-state index contributed by atoms with van der Waals surface area (Å²) in [4.78, 5) is 54.4. The Hall–Kier alpha value is -3.56. The van der Waals surface area contributed by atoms with E-state index in [2.05, 4.69) is 14.9 Å². The Bertz CT molecular complexity index is 1400. The summed E-state index contributed by atoms with van der Waals surface area (Å²) in [6, 6.07) is 8.32. The predicted molar refractivity (Wildman–Crippen MR) is 139 cm³/mol. The molecule has 0 aliphatic carbocycles. The Labute approximate surface area is 224 Å². The van der Waals surface area contributed by atoms with Gasteiger partial charge in [-0.05, 0) is 26.0 Å². The molecular weight excluding hydrogens is 531 g/mol. The van der Waals surface area contributed by atoms with Gasteiger partial charge in [0.05, 0.1) is 18.6 Å². The molecule has 0 radical (unpaired) electrons. The summed E-state index contributed by atoms with van der Waals surface area (Å²) >= 11 is 0. The lowest BCUT2D eigenvalue weighted by Gasteiger charge is -2.26. The van der Waals surface area contributed by atoms with E-state index in [4.69, 9.17) is 25.1 Å². The normalized spacial score (nSPS) is 24.9. The lowest BCUT2D eigenvalue weighted by atomic mass is 9.92. The van der Waals surface area contributed by atoms with Crippen LogP contribution in [0.5, 0.6) is 5.75 Å². The molecule has 1 aromatic heterocycles. The maximum absolute atomic E-state index is 13.7. The van der Waals surface area contributed by atoms with E-state index >= 15 is 0 Å². The Balaban J connectivity index is 1.98. The third-order valence-electron chi connectivity index (χ3n) is 6.12. The van der Waals surface area contributed by atoms with Crippen molar-refractivity contribution in [2.45, 2.75) is 64.6 Å². The third kappa shape index (κ3) is 6.91. The highest BCUT2D eigenvalue weighted by molar-refractivity contribution is 7.52. The van der Waals surface area contributed by atoms with Crippen molar-refractivity contribution in [2.75, 3.05) is 6.61 Å². The number of ketones is 1. The number of nitrogens with one attached hydrogen (secondary N) is 2. The quantitative estimate of drug-likeness (QED) is 0.237. The van der Waals surface area contributed by atoms with Gasteiger partial charge in [-0.3, -0.25) is 28.5 Å². The van der Waals surface area contributed by atoms with Crippen LogP contribution in [0.4, 0.5) is 0 Å². The number of Topliss-reactive ketones (excluding diaryl/α,β-unsaturated/α-hetero) is 1. The van der Waals surface area contributed by atoms with Crippen molar-refractivity contribution in [3.8, 4) is 5.75 Å². The fourth-order valence-corrected chi connectivity index (χ4v) is 5.34. The smallest absolute Gasteiger partial charge is 0.450 e. The summed E-state index contributed by atoms with van der Waals surface area (Å²) in [5.74, 6) is -1.32. The summed E-state index contributed by atoms with van der Waals surface area (Å²) in [6.45, 7) is 14.8. The minimum atomic E-state index is -4.23. The van der Waals surface area contributed by atoms with Gasteiger partial charge in [-0.25, -0.2) is 21.0 Å². The van der Waals surface area contributed by atoms with Crippen molar-refractivity contribution in [2.24, 2.45) is 5.92 Å². The van der Waals surface area contributed by atoms with Gasteiger partial charge in [-0.15, -0.1) is 0 Å². The van der Waals surface area contributed by atoms with Gasteiger partial charge in [0.25, 0.3) is 5.56 Å². The Kier molecular flexibility index (Phi) is 9.30. The van der Waals surface area contributed by atoms with Crippen LogP contribution in [-0.4, -0.2) is 51.7 Å². The Morgan fingerprint density at radius 3 is 2.46 bits per heavy atom. The minimum Gasteiger partial charge on any atom is -0.450 e. The number of rotatable bonds is 11. The number of esters is 1. The molecule has 2 heterocycles. The molecule has 39 heavy (non-hydrogen) atoms. The van der Waals surface area contributed by atoms with Crippen molar-refractivity contribution >= 4 is 19.5 Å². The van der Waals surface area contributed by atoms with Crippen molar-refractivity contribution < 1.29 is 32.7 Å². The second-order valence-electron chi connectivity index (χ2n) is 9.55. The van der Waals surface area contributed by atoms with Crippen LogP contribution < -0.4 is 20.9 Å². The zero-order chi connectivity index (χ0) is 29.0. The first-order valence-electron chi connectivity index (χ1n) is 12.1. The maximum Gasteiger partial charge on any atom is 0.459 e. The Morgan fingerprint density at radius 1 is 1.23 bits per heavy atom. The predicted octanol–water partition coefficient (Wildman–Crippen LogP) is 2.45. The molecule has 2 aromatic rings. The number of para-hydroxylation sites is 1. The largest absolute Gasteiger partial charge is 0.459 e. The van der Waals surface area contributed by atoms with E-state index in [1.165, 1.54) is 27.0 Å². The number of ether oxygens (including phenoxy) is 2. The van der Waals surface area contributed by atoms with Crippen LogP contribution in [0.15, 0.2) is 52.2 Å². The van der Waals surface area contributed by atoms with Gasteiger partial charge in [-0.2, -0.15) is 0 Å². The zero-order valence-corrected chi connectivity index (χ0v) is 23.0. The molecule has 0 amide bonds. The summed E-state index contributed by atoms with van der Waals surface area (Å²) in [6.07, 6.45) is -2.61. The van der Waals surface area contributed by atoms with E-state index in [1.807, 2.05) is 0 Å². The molecular formula is C25H31N4O9P. The van der Waals surface area contributed by atoms with Crippen molar-refractivity contribution in [1.29, 1.82) is 0 Å². The molecule has 2 N–H and O–H groups in total. The van der Waals surface area contributed by atoms with Crippen LogP contribution in [0.25, 0.3) is 4.85 Å². The van der Waals surface area contributed by atoms with Gasteiger partial charge in [0, 0.05) is 19.2 Å². The van der Waals surface area contributed by atoms with Crippen molar-refractivity contribution in [3.63, 3.8) is 0 Å². The second-order valence-corrected chi connectivity index (χ2v) is 11.2. The number of H-pyrrole nitrogens is 1. The molecule has 1 aromatic carbocycles. The topological polar surface area (TPSA) is 159 Å². The standard InChI is InChI=1S/C25H31N4O9P/c1-15(2)22(32)37-21-19(36-23(25(21,5)26-6)29-13-12-20(31)27-24(29)33)14-35-39(34,28-16(3)17(4)30)38-18-10-8-7-9-11-18/h7-13,15-16,19,21,23H,14H2,1-5H3,(H,28,34)(H,27,31,33)/t16-,19+,21+,23+,25+,39-/m0/s1. The zero-order valence-electron chi connectivity index (χ0n) is 22.2. The van der Waals surface area contributed by atoms with Crippen LogP contribution in [0.2, 0.25) is 0 Å². The van der Waals surface area contributed by atoms with Crippen LogP contribution in [0, 0.1) is 12.5 Å². The van der Waals surface area contributed by atoms with Gasteiger partial charge >= 0.3 is 24.9 Å². The van der Waals surface area contributed by atoms with Gasteiger partial charge in [0.2, 0.25) is 12.3 Å². The van der Waals surface area contributed by atoms with E-state index < -0.39 is 67.5 Å². The summed E-state index contributed by atoms with van der Waals surface area (Å²) in [5, 5.41) is 2.57. The van der Waals surface area contributed by atoms with Crippen LogP contribution in [0.3, 0.4) is 0 Å². The van der Waals surface area contributed by atoms with Gasteiger partial charge in [-0.1, -0.05) is 32.0 Å². The number of aromatic nitrogens is 2. The molecule has 1 aliphatic heterocycles. The second kappa shape index (κ2) is 12.1. The lowest BCUT2D eigenvalue weighted by molar-refractivity contribution is -0.158.